The summed E-state index contributed by atoms with van der Waals surface area (Å²) in [6, 6.07) is 0.586. The third-order valence-corrected chi connectivity index (χ3v) is 5.09. The van der Waals surface area contributed by atoms with Gasteiger partial charge in [-0.25, -0.2) is 0 Å². The normalized spacial score (nSPS) is 32.2. The Balaban J connectivity index is 2.04. The van der Waals surface area contributed by atoms with Gasteiger partial charge >= 0.3 is 0 Å². The highest BCUT2D eigenvalue weighted by molar-refractivity contribution is 4.95. The summed E-state index contributed by atoms with van der Waals surface area (Å²) >= 11 is 0. The van der Waals surface area contributed by atoms with Crippen molar-refractivity contribution < 1.29 is 4.74 Å². The van der Waals surface area contributed by atoms with Crippen molar-refractivity contribution in [3.63, 3.8) is 0 Å². The van der Waals surface area contributed by atoms with Crippen LogP contribution in [0.5, 0.6) is 0 Å². The van der Waals surface area contributed by atoms with Gasteiger partial charge in [0.2, 0.25) is 0 Å². The Hall–Kier alpha value is -0.0800. The van der Waals surface area contributed by atoms with Crippen LogP contribution in [0.4, 0.5) is 0 Å². The number of likely N-dealkylation sites (N-methyl/N-ethyl adjacent to an activating group) is 1. The van der Waals surface area contributed by atoms with Gasteiger partial charge in [0.15, 0.2) is 0 Å². The number of ether oxygens (including phenoxy) is 1. The molecule has 4 unspecified atom stereocenters. The van der Waals surface area contributed by atoms with Crippen molar-refractivity contribution in [1.82, 2.24) is 5.32 Å². The summed E-state index contributed by atoms with van der Waals surface area (Å²) in [6.45, 7) is 5.37. The lowest BCUT2D eigenvalue weighted by Crippen LogP contribution is -2.49. The van der Waals surface area contributed by atoms with E-state index in [0.29, 0.717) is 12.1 Å². The zero-order chi connectivity index (χ0) is 13.0. The van der Waals surface area contributed by atoms with Crippen LogP contribution in [0.15, 0.2) is 0 Å². The lowest BCUT2D eigenvalue weighted by Gasteiger charge is -2.40. The standard InChI is InChI=1S/C16H31NO/c1-4-12-8-6-7-9-14(12)15(17-3)16(18-5-2)13-10-11-13/h12-17H,4-11H2,1-3H3. The van der Waals surface area contributed by atoms with Gasteiger partial charge in [-0.1, -0.05) is 32.6 Å². The van der Waals surface area contributed by atoms with Gasteiger partial charge in [0.25, 0.3) is 0 Å². The highest BCUT2D eigenvalue weighted by Gasteiger charge is 2.42. The Labute approximate surface area is 113 Å². The van der Waals surface area contributed by atoms with Crippen LogP contribution in [-0.2, 0) is 4.74 Å². The molecule has 0 bridgehead atoms. The average Bonchev–Trinajstić information content (AvgIpc) is 3.23. The topological polar surface area (TPSA) is 21.3 Å². The van der Waals surface area contributed by atoms with Crippen LogP contribution >= 0.6 is 0 Å². The maximum atomic E-state index is 6.10. The quantitative estimate of drug-likeness (QED) is 0.748. The Morgan fingerprint density at radius 1 is 1.11 bits per heavy atom. The third-order valence-electron chi connectivity index (χ3n) is 5.09. The van der Waals surface area contributed by atoms with Crippen molar-refractivity contribution in [2.75, 3.05) is 13.7 Å². The van der Waals surface area contributed by atoms with Crippen LogP contribution in [-0.4, -0.2) is 25.8 Å². The van der Waals surface area contributed by atoms with E-state index < -0.39 is 0 Å². The van der Waals surface area contributed by atoms with Crippen LogP contribution in [0, 0.1) is 17.8 Å². The molecule has 18 heavy (non-hydrogen) atoms. The molecule has 1 N–H and O–H groups in total. The molecule has 2 fully saturated rings. The molecular weight excluding hydrogens is 222 g/mol. The Bertz CT molecular complexity index is 239. The fourth-order valence-corrected chi connectivity index (χ4v) is 3.99. The summed E-state index contributed by atoms with van der Waals surface area (Å²) in [5.74, 6) is 2.59. The van der Waals surface area contributed by atoms with Gasteiger partial charge in [-0.05, 0) is 51.0 Å². The lowest BCUT2D eigenvalue weighted by molar-refractivity contribution is -0.0114. The van der Waals surface area contributed by atoms with E-state index in [2.05, 4.69) is 26.2 Å². The van der Waals surface area contributed by atoms with E-state index in [0.717, 1.165) is 24.4 Å². The first kappa shape index (κ1) is 14.3. The van der Waals surface area contributed by atoms with Gasteiger partial charge in [-0.2, -0.15) is 0 Å². The van der Waals surface area contributed by atoms with E-state index in [-0.39, 0.29) is 0 Å². The van der Waals surface area contributed by atoms with Gasteiger partial charge in [-0.15, -0.1) is 0 Å². The predicted octanol–water partition coefficient (Wildman–Crippen LogP) is 3.61. The van der Waals surface area contributed by atoms with Gasteiger partial charge in [0.05, 0.1) is 6.10 Å². The number of hydrogen-bond donors (Lipinski definition) is 1. The van der Waals surface area contributed by atoms with E-state index in [4.69, 9.17) is 4.74 Å². The minimum Gasteiger partial charge on any atom is -0.377 e. The second-order valence-corrected chi connectivity index (χ2v) is 6.19. The molecule has 0 heterocycles. The van der Waals surface area contributed by atoms with Gasteiger partial charge in [0.1, 0.15) is 0 Å². The summed E-state index contributed by atoms with van der Waals surface area (Å²) in [4.78, 5) is 0. The summed E-state index contributed by atoms with van der Waals surface area (Å²) < 4.78 is 6.10. The fraction of sp³-hybridized carbons (Fsp3) is 1.00. The predicted molar refractivity (Wildman–Crippen MR) is 76.7 cm³/mol. The van der Waals surface area contributed by atoms with E-state index in [1.54, 1.807) is 0 Å². The second-order valence-electron chi connectivity index (χ2n) is 6.19. The summed E-state index contributed by atoms with van der Waals surface area (Å²) in [6.07, 6.45) is 10.3. The minimum atomic E-state index is 0.470. The highest BCUT2D eigenvalue weighted by atomic mass is 16.5. The molecule has 2 saturated carbocycles. The first-order valence-corrected chi connectivity index (χ1v) is 8.10. The number of nitrogens with one attached hydrogen (secondary N) is 1. The van der Waals surface area contributed by atoms with E-state index >= 15 is 0 Å². The van der Waals surface area contributed by atoms with Crippen LogP contribution in [0.2, 0.25) is 0 Å². The zero-order valence-electron chi connectivity index (χ0n) is 12.5. The second kappa shape index (κ2) is 6.91. The van der Waals surface area contributed by atoms with Gasteiger partial charge in [-0.3, -0.25) is 0 Å². The molecule has 0 radical (unpaired) electrons. The van der Waals surface area contributed by atoms with E-state index in [9.17, 15) is 0 Å². The number of hydrogen-bond acceptors (Lipinski definition) is 2. The molecule has 2 heteroatoms. The highest BCUT2D eigenvalue weighted by Crippen LogP contribution is 2.42. The van der Waals surface area contributed by atoms with Crippen LogP contribution in [0.1, 0.15) is 58.8 Å². The molecule has 0 aromatic rings. The molecule has 106 valence electrons. The average molecular weight is 253 g/mol. The molecule has 4 atom stereocenters. The SMILES string of the molecule is CCOC(C1CC1)C(NC)C1CCCCC1CC. The lowest BCUT2D eigenvalue weighted by atomic mass is 9.72. The molecule has 2 aliphatic carbocycles. The molecule has 0 amide bonds. The summed E-state index contributed by atoms with van der Waals surface area (Å²) in [5.41, 5.74) is 0. The number of rotatable bonds is 7. The van der Waals surface area contributed by atoms with Gasteiger partial charge in [0, 0.05) is 12.6 Å². The first-order chi connectivity index (χ1) is 8.81. The van der Waals surface area contributed by atoms with Crippen LogP contribution < -0.4 is 5.32 Å². The molecule has 2 nitrogen and oxygen atoms in total. The summed E-state index contributed by atoms with van der Waals surface area (Å²) in [7, 11) is 2.14. The molecule has 0 spiro atoms. The van der Waals surface area contributed by atoms with Crippen molar-refractivity contribution in [2.45, 2.75) is 70.9 Å². The Morgan fingerprint density at radius 2 is 1.83 bits per heavy atom. The maximum Gasteiger partial charge on any atom is 0.0758 e. The Morgan fingerprint density at radius 3 is 2.39 bits per heavy atom. The molecule has 0 aromatic carbocycles. The third kappa shape index (κ3) is 3.27. The maximum absolute atomic E-state index is 6.10. The monoisotopic (exact) mass is 253 g/mol. The smallest absolute Gasteiger partial charge is 0.0758 e. The molecule has 0 saturated heterocycles. The zero-order valence-corrected chi connectivity index (χ0v) is 12.5. The van der Waals surface area contributed by atoms with Crippen LogP contribution in [0.3, 0.4) is 0 Å². The van der Waals surface area contributed by atoms with Crippen molar-refractivity contribution in [2.24, 2.45) is 17.8 Å². The molecule has 2 rings (SSSR count). The molecule has 0 aliphatic heterocycles. The first-order valence-electron chi connectivity index (χ1n) is 8.10. The van der Waals surface area contributed by atoms with E-state index in [1.165, 1.54) is 44.9 Å². The summed E-state index contributed by atoms with van der Waals surface area (Å²) in [5, 5.41) is 3.62. The fourth-order valence-electron chi connectivity index (χ4n) is 3.99. The van der Waals surface area contributed by atoms with Crippen molar-refractivity contribution in [1.29, 1.82) is 0 Å². The molecular formula is C16H31NO. The molecule has 0 aromatic heterocycles. The van der Waals surface area contributed by atoms with Crippen molar-refractivity contribution in [3.8, 4) is 0 Å². The van der Waals surface area contributed by atoms with Gasteiger partial charge < -0.3 is 10.1 Å². The van der Waals surface area contributed by atoms with Crippen LogP contribution in [0.25, 0.3) is 0 Å². The largest absolute Gasteiger partial charge is 0.377 e. The Kier molecular flexibility index (Phi) is 5.50. The van der Waals surface area contributed by atoms with Crippen molar-refractivity contribution >= 4 is 0 Å². The molecule has 2 aliphatic rings. The van der Waals surface area contributed by atoms with Crippen molar-refractivity contribution in [3.05, 3.63) is 0 Å². The minimum absolute atomic E-state index is 0.470. The van der Waals surface area contributed by atoms with E-state index in [1.807, 2.05) is 0 Å².